The maximum Gasteiger partial charge on any atom is 0.338 e. The Balaban J connectivity index is 1.28. The lowest BCUT2D eigenvalue weighted by atomic mass is 9.97. The van der Waals surface area contributed by atoms with Gasteiger partial charge in [-0.05, 0) is 71.5 Å². The van der Waals surface area contributed by atoms with Gasteiger partial charge in [0, 0.05) is 0 Å². The molecule has 0 unspecified atom stereocenters. The molecule has 0 aromatic heterocycles. The Morgan fingerprint density at radius 2 is 0.674 bits per heavy atom. The van der Waals surface area contributed by atoms with Crippen molar-refractivity contribution >= 4 is 11.9 Å². The zero-order chi connectivity index (χ0) is 31.9. The van der Waals surface area contributed by atoms with Crippen LogP contribution in [0.25, 0.3) is 22.3 Å². The van der Waals surface area contributed by atoms with Gasteiger partial charge in [-0.3, -0.25) is 0 Å². The largest absolute Gasteiger partial charge is 0.450 e. The normalized spacial score (nSPS) is 12.1. The van der Waals surface area contributed by atoms with E-state index in [0.717, 1.165) is 22.3 Å². The molecule has 0 bridgehead atoms. The molecule has 0 fully saturated rings. The Morgan fingerprint density at radius 1 is 0.391 bits per heavy atom. The molecule has 0 saturated carbocycles. The standard InChI is InChI=1S/C42H34O4/c1-29-13-17-31(18-14-29)33-21-25-37(26-22-33)41(43)45-39(35-9-5-3-6-10-35)40(36-11-7-4-8-12-36)46-42(44)38-27-23-34(24-28-38)32-19-15-30(2)16-20-32/h3-28,39-40H,1-2H3/t39-,40-/m1/s1. The second kappa shape index (κ2) is 13.9. The first-order chi connectivity index (χ1) is 22.4. The van der Waals surface area contributed by atoms with Crippen molar-refractivity contribution in [2.75, 3.05) is 0 Å². The average Bonchev–Trinajstić information content (AvgIpc) is 3.11. The second-order valence-corrected chi connectivity index (χ2v) is 11.4. The third-order valence-corrected chi connectivity index (χ3v) is 8.01. The van der Waals surface area contributed by atoms with Crippen LogP contribution in [0, 0.1) is 13.8 Å². The van der Waals surface area contributed by atoms with Gasteiger partial charge in [-0.15, -0.1) is 0 Å². The fraction of sp³-hybridized carbons (Fsp3) is 0.0952. The Bertz CT molecular complexity index is 1750. The van der Waals surface area contributed by atoms with Gasteiger partial charge in [-0.25, -0.2) is 9.59 Å². The van der Waals surface area contributed by atoms with Crippen molar-refractivity contribution in [1.82, 2.24) is 0 Å². The zero-order valence-corrected chi connectivity index (χ0v) is 25.8. The van der Waals surface area contributed by atoms with Gasteiger partial charge in [0.05, 0.1) is 11.1 Å². The first-order valence-electron chi connectivity index (χ1n) is 15.3. The van der Waals surface area contributed by atoms with E-state index in [4.69, 9.17) is 9.47 Å². The molecule has 0 aliphatic heterocycles. The van der Waals surface area contributed by atoms with Crippen molar-refractivity contribution in [1.29, 1.82) is 0 Å². The van der Waals surface area contributed by atoms with Crippen LogP contribution >= 0.6 is 0 Å². The number of esters is 2. The summed E-state index contributed by atoms with van der Waals surface area (Å²) in [4.78, 5) is 27.3. The van der Waals surface area contributed by atoms with Crippen LogP contribution in [0.2, 0.25) is 0 Å². The Hall–Kier alpha value is -5.74. The molecule has 0 N–H and O–H groups in total. The van der Waals surface area contributed by atoms with Crippen LogP contribution in [-0.4, -0.2) is 11.9 Å². The zero-order valence-electron chi connectivity index (χ0n) is 25.8. The Morgan fingerprint density at radius 3 is 0.978 bits per heavy atom. The van der Waals surface area contributed by atoms with Gasteiger partial charge >= 0.3 is 11.9 Å². The highest BCUT2D eigenvalue weighted by molar-refractivity contribution is 5.91. The van der Waals surface area contributed by atoms with Crippen LogP contribution in [0.4, 0.5) is 0 Å². The van der Waals surface area contributed by atoms with Crippen molar-refractivity contribution < 1.29 is 19.1 Å². The number of carbonyl (C=O) groups is 2. The van der Waals surface area contributed by atoms with Crippen molar-refractivity contribution in [3.05, 3.63) is 191 Å². The maximum absolute atomic E-state index is 13.6. The van der Waals surface area contributed by atoms with Crippen molar-refractivity contribution in [3.63, 3.8) is 0 Å². The number of hydrogen-bond donors (Lipinski definition) is 0. The third-order valence-electron chi connectivity index (χ3n) is 8.01. The summed E-state index contributed by atoms with van der Waals surface area (Å²) in [5, 5.41) is 0. The minimum absolute atomic E-state index is 0.404. The predicted molar refractivity (Wildman–Crippen MR) is 182 cm³/mol. The van der Waals surface area contributed by atoms with Gasteiger partial charge in [-0.2, -0.15) is 0 Å². The minimum atomic E-state index is -0.899. The number of carbonyl (C=O) groups excluding carboxylic acids is 2. The van der Waals surface area contributed by atoms with E-state index in [1.54, 1.807) is 24.3 Å². The number of hydrogen-bond acceptors (Lipinski definition) is 4. The van der Waals surface area contributed by atoms with Gasteiger partial charge in [0.2, 0.25) is 0 Å². The van der Waals surface area contributed by atoms with E-state index in [2.05, 4.69) is 48.5 Å². The molecule has 226 valence electrons. The van der Waals surface area contributed by atoms with Crippen molar-refractivity contribution in [2.24, 2.45) is 0 Å². The van der Waals surface area contributed by atoms with Crippen LogP contribution < -0.4 is 0 Å². The molecule has 0 heterocycles. The van der Waals surface area contributed by atoms with E-state index in [1.807, 2.05) is 98.8 Å². The average molecular weight is 603 g/mol. The molecule has 0 amide bonds. The van der Waals surface area contributed by atoms with E-state index in [-0.39, 0.29) is 0 Å². The predicted octanol–water partition coefficient (Wildman–Crippen LogP) is 10.1. The van der Waals surface area contributed by atoms with Gasteiger partial charge < -0.3 is 9.47 Å². The number of aryl methyl sites for hydroxylation is 2. The summed E-state index contributed by atoms with van der Waals surface area (Å²) in [6.45, 7) is 4.10. The van der Waals surface area contributed by atoms with Crippen LogP contribution in [-0.2, 0) is 9.47 Å². The molecule has 6 aromatic carbocycles. The molecule has 6 rings (SSSR count). The quantitative estimate of drug-likeness (QED) is 0.155. The molecule has 0 aliphatic rings. The molecule has 46 heavy (non-hydrogen) atoms. The maximum atomic E-state index is 13.6. The van der Waals surface area contributed by atoms with Crippen LogP contribution in [0.5, 0.6) is 0 Å². The van der Waals surface area contributed by atoms with Gasteiger partial charge in [0.25, 0.3) is 0 Å². The van der Waals surface area contributed by atoms with E-state index in [1.165, 1.54) is 11.1 Å². The molecule has 0 aliphatic carbocycles. The number of rotatable bonds is 9. The Kier molecular flexibility index (Phi) is 9.17. The summed E-state index contributed by atoms with van der Waals surface area (Å²) < 4.78 is 12.4. The monoisotopic (exact) mass is 602 g/mol. The van der Waals surface area contributed by atoms with Crippen LogP contribution in [0.3, 0.4) is 0 Å². The molecule has 4 nitrogen and oxygen atoms in total. The van der Waals surface area contributed by atoms with Crippen LogP contribution in [0.15, 0.2) is 158 Å². The lowest BCUT2D eigenvalue weighted by Crippen LogP contribution is -2.23. The topological polar surface area (TPSA) is 52.6 Å². The van der Waals surface area contributed by atoms with E-state index in [9.17, 15) is 9.59 Å². The highest BCUT2D eigenvalue weighted by atomic mass is 16.6. The second-order valence-electron chi connectivity index (χ2n) is 11.4. The highest BCUT2D eigenvalue weighted by Crippen LogP contribution is 2.37. The lowest BCUT2D eigenvalue weighted by molar-refractivity contribution is -0.0388. The summed E-state index contributed by atoms with van der Waals surface area (Å²) in [5.74, 6) is -1.02. The summed E-state index contributed by atoms with van der Waals surface area (Å²) in [6, 6.07) is 50.0. The fourth-order valence-electron chi connectivity index (χ4n) is 5.35. The highest BCUT2D eigenvalue weighted by Gasteiger charge is 2.32. The summed E-state index contributed by atoms with van der Waals surface area (Å²) >= 11 is 0. The molecular formula is C42H34O4. The molecule has 4 heteroatoms. The number of benzene rings is 6. The molecule has 0 spiro atoms. The fourth-order valence-corrected chi connectivity index (χ4v) is 5.35. The van der Waals surface area contributed by atoms with Crippen LogP contribution in [0.1, 0.15) is 55.2 Å². The molecular weight excluding hydrogens is 568 g/mol. The minimum Gasteiger partial charge on any atom is -0.450 e. The van der Waals surface area contributed by atoms with E-state index >= 15 is 0 Å². The summed E-state index contributed by atoms with van der Waals surface area (Å²) in [6.07, 6.45) is -1.80. The smallest absolute Gasteiger partial charge is 0.338 e. The van der Waals surface area contributed by atoms with Gasteiger partial charge in [0.15, 0.2) is 12.2 Å². The first kappa shape index (κ1) is 30.3. The number of ether oxygens (including phenoxy) is 2. The van der Waals surface area contributed by atoms with E-state index < -0.39 is 24.1 Å². The lowest BCUT2D eigenvalue weighted by Gasteiger charge is -2.28. The molecule has 0 radical (unpaired) electrons. The first-order valence-corrected chi connectivity index (χ1v) is 15.3. The molecule has 2 atom stereocenters. The summed E-state index contributed by atoms with van der Waals surface area (Å²) in [7, 11) is 0. The molecule has 0 saturated heterocycles. The molecule has 6 aromatic rings. The summed E-state index contributed by atoms with van der Waals surface area (Å²) in [5.41, 5.74) is 8.73. The van der Waals surface area contributed by atoms with E-state index in [0.29, 0.717) is 22.3 Å². The van der Waals surface area contributed by atoms with Crippen molar-refractivity contribution in [2.45, 2.75) is 26.1 Å². The van der Waals surface area contributed by atoms with Crippen molar-refractivity contribution in [3.8, 4) is 22.3 Å². The SMILES string of the molecule is Cc1ccc(-c2ccc(C(=O)O[C@H](c3ccccc3)[C@H](OC(=O)c3ccc(-c4ccc(C)cc4)cc3)c3ccccc3)cc2)cc1. The Labute approximate surface area is 269 Å². The van der Waals surface area contributed by atoms with Gasteiger partial charge in [0.1, 0.15) is 0 Å². The van der Waals surface area contributed by atoms with Gasteiger partial charge in [-0.1, -0.05) is 145 Å². The third kappa shape index (κ3) is 7.14.